The van der Waals surface area contributed by atoms with E-state index in [2.05, 4.69) is 26.1 Å². The second-order valence-electron chi connectivity index (χ2n) is 5.75. The molecular formula is C16H20N4O2. The lowest BCUT2D eigenvalue weighted by Gasteiger charge is -2.09. The highest BCUT2D eigenvalue weighted by Crippen LogP contribution is 2.35. The molecule has 0 bridgehead atoms. The zero-order valence-corrected chi connectivity index (χ0v) is 12.5. The molecule has 116 valence electrons. The molecule has 2 aromatic rings. The van der Waals surface area contributed by atoms with E-state index in [0.29, 0.717) is 6.79 Å². The van der Waals surface area contributed by atoms with Crippen molar-refractivity contribution in [2.24, 2.45) is 0 Å². The highest BCUT2D eigenvalue weighted by molar-refractivity contribution is 5.48. The van der Waals surface area contributed by atoms with E-state index in [-0.39, 0.29) is 0 Å². The summed E-state index contributed by atoms with van der Waals surface area (Å²) in [6.07, 6.45) is 4.77. The highest BCUT2D eigenvalue weighted by atomic mass is 16.7. The molecule has 22 heavy (non-hydrogen) atoms. The molecule has 0 radical (unpaired) electrons. The molecule has 3 heterocycles. The van der Waals surface area contributed by atoms with Crippen molar-refractivity contribution in [2.75, 3.05) is 6.79 Å². The van der Waals surface area contributed by atoms with Crippen LogP contribution in [0.4, 0.5) is 0 Å². The number of nitrogens with one attached hydrogen (secondary N) is 1. The molecule has 0 spiro atoms. The van der Waals surface area contributed by atoms with Crippen molar-refractivity contribution in [3.8, 4) is 11.5 Å². The average Bonchev–Trinajstić information content (AvgIpc) is 3.09. The Bertz CT molecular complexity index is 668. The summed E-state index contributed by atoms with van der Waals surface area (Å²) in [6, 6.07) is 5.99. The van der Waals surface area contributed by atoms with Crippen LogP contribution in [0.3, 0.4) is 0 Å². The number of ether oxygens (including phenoxy) is 2. The maximum Gasteiger partial charge on any atom is 0.231 e. The summed E-state index contributed by atoms with van der Waals surface area (Å²) in [7, 11) is 0. The van der Waals surface area contributed by atoms with Crippen LogP contribution >= 0.6 is 0 Å². The smallest absolute Gasteiger partial charge is 0.231 e. The zero-order valence-electron chi connectivity index (χ0n) is 12.5. The zero-order chi connectivity index (χ0) is 14.8. The van der Waals surface area contributed by atoms with Gasteiger partial charge in [0.2, 0.25) is 6.79 Å². The first kappa shape index (κ1) is 13.6. The molecule has 4 rings (SSSR count). The minimum Gasteiger partial charge on any atom is -0.454 e. The number of fused-ring (bicyclic) bond motifs is 2. The Morgan fingerprint density at radius 1 is 1.09 bits per heavy atom. The van der Waals surface area contributed by atoms with Crippen LogP contribution in [0.2, 0.25) is 0 Å². The van der Waals surface area contributed by atoms with Gasteiger partial charge in [-0.3, -0.25) is 0 Å². The van der Waals surface area contributed by atoms with Gasteiger partial charge in [-0.05, 0) is 18.9 Å². The highest BCUT2D eigenvalue weighted by Gasteiger charge is 2.17. The summed E-state index contributed by atoms with van der Waals surface area (Å²) >= 11 is 0. The quantitative estimate of drug-likeness (QED) is 0.936. The largest absolute Gasteiger partial charge is 0.454 e. The minimum atomic E-state index is 0.310. The monoisotopic (exact) mass is 300 g/mol. The van der Waals surface area contributed by atoms with E-state index in [0.717, 1.165) is 54.8 Å². The predicted octanol–water partition coefficient (Wildman–Crippen LogP) is 2.02. The average molecular weight is 300 g/mol. The SMILES string of the molecule is c1cc(CNCc2nnc3n2CCCCC3)c2c(c1)OCO2. The van der Waals surface area contributed by atoms with Crippen molar-refractivity contribution >= 4 is 0 Å². The van der Waals surface area contributed by atoms with Gasteiger partial charge in [0, 0.05) is 25.1 Å². The molecule has 1 aromatic carbocycles. The molecule has 6 nitrogen and oxygen atoms in total. The van der Waals surface area contributed by atoms with Crippen LogP contribution in [-0.2, 0) is 26.1 Å². The summed E-state index contributed by atoms with van der Waals surface area (Å²) in [5.41, 5.74) is 1.12. The third-order valence-electron chi connectivity index (χ3n) is 4.26. The number of para-hydroxylation sites is 1. The van der Waals surface area contributed by atoms with Gasteiger partial charge in [-0.2, -0.15) is 0 Å². The Balaban J connectivity index is 1.42. The molecule has 2 aliphatic heterocycles. The van der Waals surface area contributed by atoms with Gasteiger partial charge < -0.3 is 19.4 Å². The molecule has 0 atom stereocenters. The Labute approximate surface area is 129 Å². The Morgan fingerprint density at radius 3 is 3.09 bits per heavy atom. The molecule has 0 fully saturated rings. The molecule has 0 saturated heterocycles. The van der Waals surface area contributed by atoms with Gasteiger partial charge in [0.1, 0.15) is 11.6 Å². The van der Waals surface area contributed by atoms with Gasteiger partial charge in [0.25, 0.3) is 0 Å². The van der Waals surface area contributed by atoms with Crippen molar-refractivity contribution in [1.82, 2.24) is 20.1 Å². The van der Waals surface area contributed by atoms with Crippen LogP contribution in [0.5, 0.6) is 11.5 Å². The van der Waals surface area contributed by atoms with Crippen molar-refractivity contribution in [3.05, 3.63) is 35.4 Å². The molecule has 0 amide bonds. The summed E-state index contributed by atoms with van der Waals surface area (Å²) in [4.78, 5) is 0. The maximum absolute atomic E-state index is 5.53. The molecule has 0 unspecified atom stereocenters. The van der Waals surface area contributed by atoms with E-state index in [1.165, 1.54) is 19.3 Å². The number of aryl methyl sites for hydroxylation is 1. The van der Waals surface area contributed by atoms with Crippen molar-refractivity contribution in [3.63, 3.8) is 0 Å². The lowest BCUT2D eigenvalue weighted by molar-refractivity contribution is 0.173. The first-order valence-corrected chi connectivity index (χ1v) is 7.91. The minimum absolute atomic E-state index is 0.310. The molecule has 1 aromatic heterocycles. The van der Waals surface area contributed by atoms with Crippen LogP contribution < -0.4 is 14.8 Å². The van der Waals surface area contributed by atoms with E-state index in [9.17, 15) is 0 Å². The van der Waals surface area contributed by atoms with Gasteiger partial charge in [-0.15, -0.1) is 10.2 Å². The lowest BCUT2D eigenvalue weighted by atomic mass is 10.2. The van der Waals surface area contributed by atoms with Gasteiger partial charge in [0.05, 0.1) is 6.54 Å². The normalized spacial score (nSPS) is 16.4. The van der Waals surface area contributed by atoms with Crippen LogP contribution in [0.1, 0.15) is 36.5 Å². The van der Waals surface area contributed by atoms with E-state index in [1.807, 2.05) is 12.1 Å². The van der Waals surface area contributed by atoms with Crippen molar-refractivity contribution in [1.29, 1.82) is 0 Å². The van der Waals surface area contributed by atoms with Crippen LogP contribution in [0.25, 0.3) is 0 Å². The van der Waals surface area contributed by atoms with Gasteiger partial charge in [0.15, 0.2) is 11.5 Å². The van der Waals surface area contributed by atoms with E-state index in [1.54, 1.807) is 0 Å². The van der Waals surface area contributed by atoms with Crippen LogP contribution in [-0.4, -0.2) is 21.6 Å². The van der Waals surface area contributed by atoms with Gasteiger partial charge >= 0.3 is 0 Å². The number of hydrogen-bond acceptors (Lipinski definition) is 5. The molecule has 0 saturated carbocycles. The second kappa shape index (κ2) is 5.96. The Hall–Kier alpha value is -2.08. The third kappa shape index (κ3) is 2.54. The number of benzene rings is 1. The summed E-state index contributed by atoms with van der Waals surface area (Å²) in [5, 5.41) is 12.1. The maximum atomic E-state index is 5.53. The van der Waals surface area contributed by atoms with E-state index < -0.39 is 0 Å². The lowest BCUT2D eigenvalue weighted by Crippen LogP contribution is -2.17. The topological polar surface area (TPSA) is 61.2 Å². The van der Waals surface area contributed by atoms with Crippen LogP contribution in [0.15, 0.2) is 18.2 Å². The first-order chi connectivity index (χ1) is 10.9. The summed E-state index contributed by atoms with van der Waals surface area (Å²) in [5.74, 6) is 3.85. The summed E-state index contributed by atoms with van der Waals surface area (Å²) < 4.78 is 13.2. The van der Waals surface area contributed by atoms with E-state index in [4.69, 9.17) is 9.47 Å². The Kier molecular flexibility index (Phi) is 3.68. The summed E-state index contributed by atoms with van der Waals surface area (Å²) in [6.45, 7) is 2.80. The van der Waals surface area contributed by atoms with Crippen molar-refractivity contribution < 1.29 is 9.47 Å². The molecule has 6 heteroatoms. The second-order valence-corrected chi connectivity index (χ2v) is 5.75. The standard InChI is InChI=1S/C16H20N4O2/c1-2-7-14-18-19-15(20(14)8-3-1)10-17-9-12-5-4-6-13-16(12)22-11-21-13/h4-6,17H,1-3,7-11H2. The number of aromatic nitrogens is 3. The third-order valence-corrected chi connectivity index (χ3v) is 4.26. The number of hydrogen-bond donors (Lipinski definition) is 1. The van der Waals surface area contributed by atoms with Gasteiger partial charge in [-0.25, -0.2) is 0 Å². The fourth-order valence-corrected chi connectivity index (χ4v) is 3.11. The van der Waals surface area contributed by atoms with Crippen LogP contribution in [0, 0.1) is 0 Å². The molecule has 2 aliphatic rings. The first-order valence-electron chi connectivity index (χ1n) is 7.91. The fraction of sp³-hybridized carbons (Fsp3) is 0.500. The molecule has 0 aliphatic carbocycles. The van der Waals surface area contributed by atoms with Crippen molar-refractivity contribution in [2.45, 2.75) is 45.3 Å². The molecular weight excluding hydrogens is 280 g/mol. The van der Waals surface area contributed by atoms with E-state index >= 15 is 0 Å². The fourth-order valence-electron chi connectivity index (χ4n) is 3.11. The molecule has 1 N–H and O–H groups in total. The Morgan fingerprint density at radius 2 is 2.09 bits per heavy atom. The number of rotatable bonds is 4. The van der Waals surface area contributed by atoms with Gasteiger partial charge in [-0.1, -0.05) is 18.6 Å². The number of nitrogens with zero attached hydrogens (tertiary/aromatic N) is 3. The predicted molar refractivity (Wildman–Crippen MR) is 80.7 cm³/mol.